The average molecular weight is 640 g/mol. The minimum absolute atomic E-state index is 0.0478. The van der Waals surface area contributed by atoms with Crippen molar-refractivity contribution in [1.82, 2.24) is 5.06 Å². The van der Waals surface area contributed by atoms with Crippen LogP contribution in [0.5, 0.6) is 0 Å². The van der Waals surface area contributed by atoms with Gasteiger partial charge in [0, 0.05) is 10.3 Å². The van der Waals surface area contributed by atoms with Gasteiger partial charge in [-0.25, -0.2) is 0 Å². The lowest BCUT2D eigenvalue weighted by Gasteiger charge is -2.33. The van der Waals surface area contributed by atoms with Gasteiger partial charge in [0.25, 0.3) is 11.8 Å². The van der Waals surface area contributed by atoms with E-state index in [2.05, 4.69) is 11.2 Å². The Morgan fingerprint density at radius 2 is 1.34 bits per heavy atom. The van der Waals surface area contributed by atoms with Crippen molar-refractivity contribution in [3.8, 4) is 0 Å². The number of amides is 2. The van der Waals surface area contributed by atoms with Gasteiger partial charge in [-0.2, -0.15) is 47.9 Å². The van der Waals surface area contributed by atoms with Crippen LogP contribution in [-0.4, -0.2) is 54.3 Å². The highest BCUT2D eigenvalue weighted by Crippen LogP contribution is 2.55. The van der Waals surface area contributed by atoms with Crippen molar-refractivity contribution in [3.63, 3.8) is 0 Å². The highest BCUT2D eigenvalue weighted by molar-refractivity contribution is 7.99. The van der Waals surface area contributed by atoms with Crippen LogP contribution < -0.4 is 0 Å². The number of halogens is 9. The van der Waals surface area contributed by atoms with Gasteiger partial charge >= 0.3 is 33.4 Å². The number of alkyl halides is 9. The number of rotatable bonds is 13. The first-order chi connectivity index (χ1) is 18.8. The fourth-order valence-electron chi connectivity index (χ4n) is 3.97. The Kier molecular flexibility index (Phi) is 9.35. The average Bonchev–Trinajstić information content (AvgIpc) is 2.88. The van der Waals surface area contributed by atoms with Gasteiger partial charge in [0.2, 0.25) is 0 Å². The molecule has 0 radical (unpaired) electrons. The lowest BCUT2D eigenvalue weighted by atomic mass is 9.95. The van der Waals surface area contributed by atoms with E-state index in [-0.39, 0.29) is 5.39 Å². The molecule has 0 saturated carbocycles. The zero-order valence-corrected chi connectivity index (χ0v) is 22.7. The summed E-state index contributed by atoms with van der Waals surface area (Å²) in [7, 11) is -7.51. The fourth-order valence-corrected chi connectivity index (χ4v) is 5.89. The summed E-state index contributed by atoms with van der Waals surface area (Å²) in [5.74, 6) is -18.0. The van der Waals surface area contributed by atoms with Crippen LogP contribution in [0.2, 0.25) is 0 Å². The molecule has 1 aliphatic heterocycles. The number of hydroxylamine groups is 2. The molecule has 1 heterocycles. The van der Waals surface area contributed by atoms with Crippen LogP contribution in [0, 0.1) is 0 Å². The predicted octanol–water partition coefficient (Wildman–Crippen LogP) is 7.58. The van der Waals surface area contributed by atoms with Crippen LogP contribution in [0.15, 0.2) is 35.2 Å². The summed E-state index contributed by atoms with van der Waals surface area (Å²) in [5, 5.41) is -7.86. The van der Waals surface area contributed by atoms with Gasteiger partial charge in [0.05, 0.1) is 11.1 Å². The minimum Gasteiger partial charge on any atom is -0.266 e. The molecular weight excluding hydrogens is 617 g/mol. The van der Waals surface area contributed by atoms with Crippen molar-refractivity contribution in [3.05, 3.63) is 41.5 Å². The van der Waals surface area contributed by atoms with Gasteiger partial charge in [0.1, 0.15) is 0 Å². The van der Waals surface area contributed by atoms with Gasteiger partial charge in [-0.15, -0.1) is 21.1 Å². The number of thioether (sulfide) groups is 1. The lowest BCUT2D eigenvalue weighted by Crippen LogP contribution is -2.64. The van der Waals surface area contributed by atoms with Crippen LogP contribution in [-0.2, 0) is 14.4 Å². The van der Waals surface area contributed by atoms with Crippen molar-refractivity contribution in [2.75, 3.05) is 5.75 Å². The molecule has 6 nitrogen and oxygen atoms in total. The Hall–Kier alpha value is -2.53. The van der Waals surface area contributed by atoms with Gasteiger partial charge in [-0.1, -0.05) is 51.2 Å². The van der Waals surface area contributed by atoms with E-state index in [0.717, 1.165) is 50.7 Å². The molecule has 41 heavy (non-hydrogen) atoms. The number of nitrogens with zero attached hydrogens (tertiary/aromatic N) is 1. The van der Waals surface area contributed by atoms with Crippen LogP contribution in [0.4, 0.5) is 39.5 Å². The van der Waals surface area contributed by atoms with Crippen molar-refractivity contribution in [2.24, 2.45) is 0 Å². The number of benzene rings is 2. The van der Waals surface area contributed by atoms with Gasteiger partial charge < -0.3 is 0 Å². The topological polar surface area (TPSA) is 80.8 Å². The summed E-state index contributed by atoms with van der Waals surface area (Å²) in [6.45, 7) is 2.08. The first kappa shape index (κ1) is 33.0. The maximum absolute atomic E-state index is 14.1. The van der Waals surface area contributed by atoms with E-state index in [1.54, 1.807) is 0 Å². The molecule has 0 unspecified atom stereocenters. The third-order valence-electron chi connectivity index (χ3n) is 6.19. The molecule has 2 amide bonds. The summed E-state index contributed by atoms with van der Waals surface area (Å²) in [6.07, 6.45) is -1.15. The molecule has 0 atom stereocenters. The molecule has 228 valence electrons. The van der Waals surface area contributed by atoms with Crippen molar-refractivity contribution in [2.45, 2.75) is 73.6 Å². The van der Waals surface area contributed by atoms with Gasteiger partial charge in [-0.3, -0.25) is 9.59 Å². The summed E-state index contributed by atoms with van der Waals surface area (Å²) < 4.78 is 147. The molecule has 2 aromatic rings. The largest absolute Gasteiger partial charge is 0.460 e. The number of unbranched alkanes of at least 4 members (excludes halogenated alkanes) is 5. The molecule has 0 aromatic heterocycles. The van der Waals surface area contributed by atoms with Gasteiger partial charge in [-0.05, 0) is 35.8 Å². The molecule has 3 rings (SSSR count). The molecule has 0 saturated heterocycles. The Morgan fingerprint density at radius 1 is 0.780 bits per heavy atom. The lowest BCUT2D eigenvalue weighted by molar-refractivity contribution is -0.383. The highest BCUT2D eigenvalue weighted by atomic mass is 32.2. The monoisotopic (exact) mass is 639 g/mol. The molecule has 0 spiro atoms. The Bertz CT molecular complexity index is 1410. The molecule has 2 aromatic carbocycles. The predicted molar refractivity (Wildman–Crippen MR) is 129 cm³/mol. The molecule has 1 aliphatic rings. The van der Waals surface area contributed by atoms with E-state index < -0.39 is 61.4 Å². The smallest absolute Gasteiger partial charge is 0.266 e. The standard InChI is InChI=1S/C24H22F9NO5S2/c1-2-3-4-5-6-7-13-40-17-12-11-16-18-14(17)9-8-10-15(18)19(35)34(20(16)36)39-41(37,38)24(32,33)22(27,28)21(25,26)23(29,30)31/h8-12H,2-7,13H2,1H3. The molecular formula is C24H22F9NO5S2. The van der Waals surface area contributed by atoms with Crippen molar-refractivity contribution in [1.29, 1.82) is 0 Å². The van der Waals surface area contributed by atoms with Crippen molar-refractivity contribution >= 4 is 44.5 Å². The molecule has 17 heteroatoms. The second kappa shape index (κ2) is 11.6. The highest BCUT2D eigenvalue weighted by Gasteiger charge is 2.86. The Balaban J connectivity index is 1.90. The summed E-state index contributed by atoms with van der Waals surface area (Å²) in [4.78, 5) is 26.3. The van der Waals surface area contributed by atoms with Crippen molar-refractivity contribution < 1.29 is 61.8 Å². The quantitative estimate of drug-likeness (QED) is 0.0974. The Labute approximate surface area is 232 Å². The summed E-state index contributed by atoms with van der Waals surface area (Å²) in [5.41, 5.74) is -0.991. The molecule has 0 fully saturated rings. The second-order valence-corrected chi connectivity index (χ2v) is 11.8. The Morgan fingerprint density at radius 3 is 1.93 bits per heavy atom. The number of carbonyl (C=O) groups excluding carboxylic acids is 2. The number of imide groups is 1. The normalized spacial score (nSPS) is 15.2. The van der Waals surface area contributed by atoms with Crippen LogP contribution in [0.3, 0.4) is 0 Å². The summed E-state index contributed by atoms with van der Waals surface area (Å²) in [6, 6.07) is 6.29. The first-order valence-corrected chi connectivity index (χ1v) is 14.4. The van der Waals surface area contributed by atoms with Crippen LogP contribution in [0.1, 0.15) is 66.2 Å². The van der Waals surface area contributed by atoms with E-state index in [9.17, 15) is 57.5 Å². The summed E-state index contributed by atoms with van der Waals surface area (Å²) >= 11 is 1.38. The number of hydrogen-bond acceptors (Lipinski definition) is 6. The van der Waals surface area contributed by atoms with E-state index in [4.69, 9.17) is 0 Å². The van der Waals surface area contributed by atoms with Gasteiger partial charge in [0.15, 0.2) is 0 Å². The van der Waals surface area contributed by atoms with E-state index in [1.807, 2.05) is 0 Å². The van der Waals surface area contributed by atoms with E-state index in [0.29, 0.717) is 16.0 Å². The first-order valence-electron chi connectivity index (χ1n) is 12.0. The second-order valence-electron chi connectivity index (χ2n) is 9.05. The van der Waals surface area contributed by atoms with Crippen LogP contribution in [0.25, 0.3) is 10.8 Å². The maximum Gasteiger partial charge on any atom is 0.460 e. The molecule has 0 bridgehead atoms. The van der Waals surface area contributed by atoms with E-state index in [1.165, 1.54) is 30.0 Å². The zero-order valence-electron chi connectivity index (χ0n) is 21.0. The SMILES string of the molecule is CCCCCCCCSc1ccc2c3c(cccc13)C(=O)N(OS(=O)(=O)C(F)(F)C(F)(F)C(F)(F)C(F)(F)F)C2=O. The molecule has 0 aliphatic carbocycles. The number of carbonyl (C=O) groups is 2. The minimum atomic E-state index is -7.60. The third kappa shape index (κ3) is 5.76. The fraction of sp³-hybridized carbons (Fsp3) is 0.500. The van der Waals surface area contributed by atoms with Crippen LogP contribution >= 0.6 is 11.8 Å². The maximum atomic E-state index is 14.1. The number of hydrogen-bond donors (Lipinski definition) is 0. The zero-order chi connectivity index (χ0) is 31.0. The van der Waals surface area contributed by atoms with E-state index >= 15 is 0 Å². The molecule has 0 N–H and O–H groups in total. The third-order valence-corrected chi connectivity index (χ3v) is 8.58.